The lowest BCUT2D eigenvalue weighted by molar-refractivity contribution is 0.481. The first-order valence-electron chi connectivity index (χ1n) is 5.81. The van der Waals surface area contributed by atoms with Crippen LogP contribution in [0.5, 0.6) is 0 Å². The van der Waals surface area contributed by atoms with Crippen molar-refractivity contribution in [3.8, 4) is 11.3 Å². The first-order chi connectivity index (χ1) is 8.60. The van der Waals surface area contributed by atoms with Gasteiger partial charge in [0.25, 0.3) is 0 Å². The highest BCUT2D eigenvalue weighted by Crippen LogP contribution is 2.31. The minimum atomic E-state index is 0.393. The van der Waals surface area contributed by atoms with Crippen LogP contribution in [0.1, 0.15) is 12.7 Å². The lowest BCUT2D eigenvalue weighted by Crippen LogP contribution is -2.23. The van der Waals surface area contributed by atoms with E-state index in [-0.39, 0.29) is 0 Å². The van der Waals surface area contributed by atoms with E-state index in [9.17, 15) is 0 Å². The molecule has 0 spiro atoms. The zero-order valence-corrected chi connectivity index (χ0v) is 12.7. The second-order valence-corrected chi connectivity index (χ2v) is 5.61. The van der Waals surface area contributed by atoms with Crippen LogP contribution >= 0.6 is 27.5 Å². The molecule has 18 heavy (non-hydrogen) atoms. The zero-order valence-electron chi connectivity index (χ0n) is 10.3. The fourth-order valence-corrected chi connectivity index (χ4v) is 2.49. The highest BCUT2D eigenvalue weighted by atomic mass is 79.9. The van der Waals surface area contributed by atoms with Crippen molar-refractivity contribution in [1.29, 1.82) is 0 Å². The van der Waals surface area contributed by atoms with Crippen LogP contribution < -0.4 is 5.32 Å². The number of halogens is 2. The SMILES string of the molecule is CNC(C)Cc1ccc(-c2ccc(Br)cc2Cl)o1. The van der Waals surface area contributed by atoms with E-state index in [0.29, 0.717) is 11.1 Å². The molecule has 1 N–H and O–H groups in total. The fourth-order valence-electron chi connectivity index (χ4n) is 1.73. The number of likely N-dealkylation sites (N-methyl/N-ethyl adjacent to an activating group) is 1. The fraction of sp³-hybridized carbons (Fsp3) is 0.286. The van der Waals surface area contributed by atoms with Gasteiger partial charge in [-0.1, -0.05) is 27.5 Å². The first kappa shape index (κ1) is 13.7. The van der Waals surface area contributed by atoms with Gasteiger partial charge >= 0.3 is 0 Å². The van der Waals surface area contributed by atoms with Gasteiger partial charge in [-0.15, -0.1) is 0 Å². The number of benzene rings is 1. The summed E-state index contributed by atoms with van der Waals surface area (Å²) in [6, 6.07) is 10.1. The normalized spacial score (nSPS) is 12.7. The number of hydrogen-bond donors (Lipinski definition) is 1. The van der Waals surface area contributed by atoms with E-state index in [0.717, 1.165) is 28.0 Å². The smallest absolute Gasteiger partial charge is 0.135 e. The molecule has 0 saturated heterocycles. The predicted molar refractivity (Wildman–Crippen MR) is 79.1 cm³/mol. The van der Waals surface area contributed by atoms with Gasteiger partial charge in [-0.3, -0.25) is 0 Å². The highest BCUT2D eigenvalue weighted by Gasteiger charge is 2.10. The number of hydrogen-bond acceptors (Lipinski definition) is 2. The van der Waals surface area contributed by atoms with E-state index >= 15 is 0 Å². The number of rotatable bonds is 4. The molecule has 0 bridgehead atoms. The van der Waals surface area contributed by atoms with Crippen LogP contribution in [-0.2, 0) is 6.42 Å². The molecular weight excluding hydrogens is 314 g/mol. The van der Waals surface area contributed by atoms with Gasteiger partial charge in [0.2, 0.25) is 0 Å². The van der Waals surface area contributed by atoms with Crippen molar-refractivity contribution < 1.29 is 4.42 Å². The third-order valence-corrected chi connectivity index (χ3v) is 3.66. The van der Waals surface area contributed by atoms with E-state index in [1.54, 1.807) is 0 Å². The summed E-state index contributed by atoms with van der Waals surface area (Å²) < 4.78 is 6.79. The molecular formula is C14H15BrClNO. The Morgan fingerprint density at radius 2 is 2.11 bits per heavy atom. The Bertz CT molecular complexity index is 538. The molecule has 1 atom stereocenters. The van der Waals surface area contributed by atoms with Crippen LogP contribution in [0.2, 0.25) is 5.02 Å². The van der Waals surface area contributed by atoms with Gasteiger partial charge in [0.1, 0.15) is 11.5 Å². The minimum Gasteiger partial charge on any atom is -0.461 e. The van der Waals surface area contributed by atoms with Gasteiger partial charge in [0.15, 0.2) is 0 Å². The summed E-state index contributed by atoms with van der Waals surface area (Å²) in [6.45, 7) is 2.12. The monoisotopic (exact) mass is 327 g/mol. The molecule has 1 aromatic heterocycles. The molecule has 0 radical (unpaired) electrons. The summed E-state index contributed by atoms with van der Waals surface area (Å²) in [5.41, 5.74) is 0.920. The Morgan fingerprint density at radius 3 is 2.78 bits per heavy atom. The lowest BCUT2D eigenvalue weighted by Gasteiger charge is -2.07. The van der Waals surface area contributed by atoms with Crippen molar-refractivity contribution in [1.82, 2.24) is 5.32 Å². The van der Waals surface area contributed by atoms with Crippen LogP contribution in [0.4, 0.5) is 0 Å². The molecule has 0 amide bonds. The standard InChI is InChI=1S/C14H15BrClNO/c1-9(17-2)7-11-4-6-14(18-11)12-5-3-10(15)8-13(12)16/h3-6,8-9,17H,7H2,1-2H3. The maximum absolute atomic E-state index is 6.20. The van der Waals surface area contributed by atoms with Gasteiger partial charge in [0, 0.05) is 22.5 Å². The van der Waals surface area contributed by atoms with Crippen LogP contribution in [0, 0.1) is 0 Å². The summed E-state index contributed by atoms with van der Waals surface area (Å²) in [5, 5.41) is 3.88. The summed E-state index contributed by atoms with van der Waals surface area (Å²) in [7, 11) is 1.94. The van der Waals surface area contributed by atoms with E-state index in [1.165, 1.54) is 0 Å². The lowest BCUT2D eigenvalue weighted by atomic mass is 10.2. The summed E-state index contributed by atoms with van der Waals surface area (Å²) >= 11 is 9.60. The second kappa shape index (κ2) is 5.91. The maximum atomic E-state index is 6.20. The number of furan rings is 1. The Morgan fingerprint density at radius 1 is 1.33 bits per heavy atom. The molecule has 0 fully saturated rings. The van der Waals surface area contributed by atoms with Crippen LogP contribution in [0.3, 0.4) is 0 Å². The van der Waals surface area contributed by atoms with E-state index in [4.69, 9.17) is 16.0 Å². The van der Waals surface area contributed by atoms with Crippen molar-refractivity contribution in [2.75, 3.05) is 7.05 Å². The molecule has 0 saturated carbocycles. The third-order valence-electron chi connectivity index (χ3n) is 2.86. The number of nitrogens with one attached hydrogen (secondary N) is 1. The van der Waals surface area contributed by atoms with E-state index in [2.05, 4.69) is 28.2 Å². The van der Waals surface area contributed by atoms with E-state index < -0.39 is 0 Å². The highest BCUT2D eigenvalue weighted by molar-refractivity contribution is 9.10. The molecule has 0 aliphatic heterocycles. The average Bonchev–Trinajstić information content (AvgIpc) is 2.77. The minimum absolute atomic E-state index is 0.393. The molecule has 1 aromatic carbocycles. The molecule has 1 heterocycles. The van der Waals surface area contributed by atoms with Gasteiger partial charge < -0.3 is 9.73 Å². The summed E-state index contributed by atoms with van der Waals surface area (Å²) in [5.74, 6) is 1.77. The van der Waals surface area contributed by atoms with Crippen molar-refractivity contribution in [3.63, 3.8) is 0 Å². The topological polar surface area (TPSA) is 25.2 Å². The quantitative estimate of drug-likeness (QED) is 0.893. The van der Waals surface area contributed by atoms with Crippen molar-refractivity contribution in [3.05, 3.63) is 45.6 Å². The molecule has 2 nitrogen and oxygen atoms in total. The van der Waals surface area contributed by atoms with Crippen molar-refractivity contribution in [2.45, 2.75) is 19.4 Å². The van der Waals surface area contributed by atoms with Crippen molar-refractivity contribution in [2.24, 2.45) is 0 Å². The predicted octanol–water partition coefficient (Wildman–Crippen LogP) is 4.51. The second-order valence-electron chi connectivity index (χ2n) is 4.28. The Hall–Kier alpha value is -0.770. The third kappa shape index (κ3) is 3.16. The summed E-state index contributed by atoms with van der Waals surface area (Å²) in [6.07, 6.45) is 0.866. The Labute approximate surface area is 120 Å². The Kier molecular flexibility index (Phi) is 4.49. The molecule has 2 rings (SSSR count). The largest absolute Gasteiger partial charge is 0.461 e. The Balaban J connectivity index is 2.24. The summed E-state index contributed by atoms with van der Waals surface area (Å²) in [4.78, 5) is 0. The first-order valence-corrected chi connectivity index (χ1v) is 6.98. The molecule has 96 valence electrons. The molecule has 0 aliphatic rings. The van der Waals surface area contributed by atoms with Gasteiger partial charge in [-0.25, -0.2) is 0 Å². The van der Waals surface area contributed by atoms with Crippen LogP contribution in [0.25, 0.3) is 11.3 Å². The van der Waals surface area contributed by atoms with E-state index in [1.807, 2.05) is 37.4 Å². The zero-order chi connectivity index (χ0) is 13.1. The van der Waals surface area contributed by atoms with Crippen LogP contribution in [0.15, 0.2) is 39.2 Å². The van der Waals surface area contributed by atoms with Crippen LogP contribution in [-0.4, -0.2) is 13.1 Å². The van der Waals surface area contributed by atoms with Crippen molar-refractivity contribution >= 4 is 27.5 Å². The maximum Gasteiger partial charge on any atom is 0.135 e. The molecule has 0 aliphatic carbocycles. The van der Waals surface area contributed by atoms with Gasteiger partial charge in [-0.2, -0.15) is 0 Å². The molecule has 4 heteroatoms. The average molecular weight is 329 g/mol. The molecule has 2 aromatic rings. The van der Waals surface area contributed by atoms with Gasteiger partial charge in [0.05, 0.1) is 5.02 Å². The van der Waals surface area contributed by atoms with Gasteiger partial charge in [-0.05, 0) is 44.3 Å². The molecule has 1 unspecified atom stereocenters.